The fourth-order valence-electron chi connectivity index (χ4n) is 1.83. The summed E-state index contributed by atoms with van der Waals surface area (Å²) in [7, 11) is -2.97. The molecule has 2 fully saturated rings. The molecule has 3 atom stereocenters. The normalized spacial score (nSPS) is 44.2. The first-order valence-corrected chi connectivity index (χ1v) is 9.37. The highest BCUT2D eigenvalue weighted by atomic mass is 79.9. The number of hydrogen-bond acceptors (Lipinski definition) is 5. The predicted octanol–water partition coefficient (Wildman–Crippen LogP) is 2.51. The molecule has 3 nitrogen and oxygen atoms in total. The molecule has 0 N–H and O–H groups in total. The second-order valence-electron chi connectivity index (χ2n) is 4.53. The van der Waals surface area contributed by atoms with Crippen LogP contribution >= 0.6 is 39.5 Å². The maximum Gasteiger partial charge on any atom is 0.165 e. The van der Waals surface area contributed by atoms with Gasteiger partial charge in [-0.2, -0.15) is 0 Å². The Bertz CT molecular complexity index is 434. The first-order valence-electron chi connectivity index (χ1n) is 5.05. The number of fused-ring (bicyclic) bond motifs is 1. The molecule has 2 rings (SSSR count). The van der Waals surface area contributed by atoms with Crippen LogP contribution in [0.4, 0.5) is 0 Å². The lowest BCUT2D eigenvalue weighted by Crippen LogP contribution is -2.33. The van der Waals surface area contributed by atoms with Gasteiger partial charge in [0.25, 0.3) is 0 Å². The van der Waals surface area contributed by atoms with E-state index in [9.17, 15) is 8.42 Å². The van der Waals surface area contributed by atoms with Crippen LogP contribution < -0.4 is 0 Å². The molecule has 0 radical (unpaired) electrons. The Morgan fingerprint density at radius 3 is 2.69 bits per heavy atom. The second-order valence-corrected chi connectivity index (χ2v) is 11.1. The fraction of sp³-hybridized carbons (Fsp3) is 0.889. The van der Waals surface area contributed by atoms with Gasteiger partial charge in [0.15, 0.2) is 9.84 Å². The van der Waals surface area contributed by atoms with E-state index >= 15 is 0 Å². The summed E-state index contributed by atoms with van der Waals surface area (Å²) in [6.07, 6.45) is 0. The van der Waals surface area contributed by atoms with Crippen LogP contribution in [0.2, 0.25) is 0 Å². The molecule has 2 saturated heterocycles. The van der Waals surface area contributed by atoms with Crippen LogP contribution in [-0.2, 0) is 9.84 Å². The van der Waals surface area contributed by atoms with Crippen molar-refractivity contribution < 1.29 is 8.42 Å². The molecule has 92 valence electrons. The van der Waals surface area contributed by atoms with Gasteiger partial charge in [0, 0.05) is 11.3 Å². The zero-order chi connectivity index (χ0) is 12.1. The van der Waals surface area contributed by atoms with Crippen LogP contribution in [0.3, 0.4) is 0 Å². The molecule has 0 amide bonds. The third-order valence-corrected chi connectivity index (χ3v) is 11.1. The zero-order valence-electron chi connectivity index (χ0n) is 9.31. The van der Waals surface area contributed by atoms with Gasteiger partial charge in [0.2, 0.25) is 0 Å². The van der Waals surface area contributed by atoms with Crippen LogP contribution in [0.5, 0.6) is 0 Å². The molecule has 2 aliphatic rings. The molecule has 0 aromatic rings. The number of halogens is 1. The van der Waals surface area contributed by atoms with Crippen molar-refractivity contribution in [1.82, 2.24) is 0 Å². The maximum atomic E-state index is 11.8. The van der Waals surface area contributed by atoms with Crippen LogP contribution in [0.1, 0.15) is 20.8 Å². The number of nitrogens with zero attached hydrogens (tertiary/aromatic N) is 1. The molecule has 0 unspecified atom stereocenters. The molecule has 16 heavy (non-hydrogen) atoms. The number of thioether (sulfide) groups is 2. The topological polar surface area (TPSA) is 46.5 Å². The predicted molar refractivity (Wildman–Crippen MR) is 76.4 cm³/mol. The van der Waals surface area contributed by atoms with Crippen molar-refractivity contribution in [3.63, 3.8) is 0 Å². The Morgan fingerprint density at radius 1 is 1.56 bits per heavy atom. The van der Waals surface area contributed by atoms with E-state index in [1.165, 1.54) is 0 Å². The molecular weight excluding hydrogens is 330 g/mol. The number of sulfone groups is 1. The van der Waals surface area contributed by atoms with Gasteiger partial charge in [-0.05, 0) is 20.8 Å². The highest BCUT2D eigenvalue weighted by Crippen LogP contribution is 2.57. The van der Waals surface area contributed by atoms with E-state index in [4.69, 9.17) is 0 Å². The monoisotopic (exact) mass is 343 g/mol. The molecule has 7 heteroatoms. The van der Waals surface area contributed by atoms with Crippen LogP contribution in [0.15, 0.2) is 4.99 Å². The minimum atomic E-state index is -2.97. The minimum absolute atomic E-state index is 0.129. The van der Waals surface area contributed by atoms with Gasteiger partial charge >= 0.3 is 0 Å². The summed E-state index contributed by atoms with van der Waals surface area (Å²) in [6, 6.07) is 0.266. The smallest absolute Gasteiger partial charge is 0.165 e. The average Bonchev–Trinajstić information content (AvgIpc) is 2.47. The second kappa shape index (κ2) is 4.17. The average molecular weight is 344 g/mol. The maximum absolute atomic E-state index is 11.8. The quantitative estimate of drug-likeness (QED) is 0.686. The molecule has 0 bridgehead atoms. The van der Waals surface area contributed by atoms with E-state index in [2.05, 4.69) is 20.9 Å². The van der Waals surface area contributed by atoms with Crippen molar-refractivity contribution in [1.29, 1.82) is 0 Å². The third kappa shape index (κ3) is 2.08. The molecule has 0 saturated carbocycles. The van der Waals surface area contributed by atoms with E-state index in [0.717, 1.165) is 4.38 Å². The van der Waals surface area contributed by atoms with Gasteiger partial charge in [-0.25, -0.2) is 8.42 Å². The van der Waals surface area contributed by atoms with Crippen LogP contribution in [-0.4, -0.2) is 38.7 Å². The van der Waals surface area contributed by atoms with Crippen molar-refractivity contribution in [2.24, 2.45) is 4.99 Å². The Morgan fingerprint density at radius 2 is 2.19 bits per heavy atom. The number of rotatable bonds is 1. The Hall–Kier alpha value is 0.800. The molecular formula is C9H14BrNO2S3. The zero-order valence-corrected chi connectivity index (χ0v) is 13.3. The van der Waals surface area contributed by atoms with Gasteiger partial charge in [-0.3, -0.25) is 4.99 Å². The Balaban J connectivity index is 2.28. The van der Waals surface area contributed by atoms with Crippen LogP contribution in [0.25, 0.3) is 0 Å². The Kier molecular flexibility index (Phi) is 3.45. The number of hydrogen-bond donors (Lipinski definition) is 0. The largest absolute Gasteiger partial charge is 0.269 e. The van der Waals surface area contributed by atoms with Crippen molar-refractivity contribution in [3.8, 4) is 0 Å². The summed E-state index contributed by atoms with van der Waals surface area (Å²) in [5.74, 6) is 0.258. The van der Waals surface area contributed by atoms with Crippen molar-refractivity contribution in [3.05, 3.63) is 0 Å². The molecule has 0 aliphatic carbocycles. The van der Waals surface area contributed by atoms with E-state index in [0.29, 0.717) is 0 Å². The fourth-order valence-corrected chi connectivity index (χ4v) is 9.69. The summed E-state index contributed by atoms with van der Waals surface area (Å²) in [6.45, 7) is 6.09. The van der Waals surface area contributed by atoms with Gasteiger partial charge in [0.05, 0.1) is 10.5 Å². The lowest BCUT2D eigenvalue weighted by molar-refractivity contribution is 0.599. The lowest BCUT2D eigenvalue weighted by Gasteiger charge is -2.22. The summed E-state index contributed by atoms with van der Waals surface area (Å²) >= 11 is 6.57. The van der Waals surface area contributed by atoms with Gasteiger partial charge < -0.3 is 0 Å². The van der Waals surface area contributed by atoms with Crippen molar-refractivity contribution >= 4 is 53.7 Å². The molecule has 2 heterocycles. The van der Waals surface area contributed by atoms with E-state index in [1.54, 1.807) is 23.5 Å². The lowest BCUT2D eigenvalue weighted by atomic mass is 10.1. The number of alkyl halides is 1. The van der Waals surface area contributed by atoms with E-state index in [-0.39, 0.29) is 21.8 Å². The van der Waals surface area contributed by atoms with Gasteiger partial charge in [0.1, 0.15) is 8.53 Å². The highest BCUT2D eigenvalue weighted by molar-refractivity contribution is 9.11. The molecule has 2 aliphatic heterocycles. The van der Waals surface area contributed by atoms with Gasteiger partial charge in [-0.1, -0.05) is 39.5 Å². The van der Waals surface area contributed by atoms with E-state index in [1.807, 2.05) is 20.8 Å². The molecule has 0 aromatic heterocycles. The van der Waals surface area contributed by atoms with Crippen molar-refractivity contribution in [2.45, 2.75) is 41.0 Å². The highest BCUT2D eigenvalue weighted by Gasteiger charge is 2.60. The summed E-state index contributed by atoms with van der Waals surface area (Å²) in [5, 5.41) is 0.129. The third-order valence-electron chi connectivity index (χ3n) is 2.70. The Labute approximate surface area is 113 Å². The summed E-state index contributed by atoms with van der Waals surface area (Å²) < 4.78 is 23.9. The molecule has 0 spiro atoms. The molecule has 0 aromatic carbocycles. The summed E-state index contributed by atoms with van der Waals surface area (Å²) in [5.41, 5.74) is 0. The van der Waals surface area contributed by atoms with E-state index < -0.39 is 14.0 Å². The van der Waals surface area contributed by atoms with Crippen molar-refractivity contribution in [2.75, 3.05) is 5.75 Å². The first kappa shape index (κ1) is 13.2. The number of aliphatic imine (C=N–C) groups is 1. The first-order chi connectivity index (χ1) is 7.25. The van der Waals surface area contributed by atoms with Crippen LogP contribution in [0, 0.1) is 0 Å². The summed E-state index contributed by atoms with van der Waals surface area (Å²) in [4.78, 5) is 4.51. The standard InChI is InChI=1S/C9H14BrNO2S3/c1-5(2)11-8-14-6-4-16(12,13)7(10)9(6,3)15-8/h5-7H,4H2,1-3H3/t6-,7+,9+/m0/s1. The SMILES string of the molecule is CC(C)N=C1S[C@H]2CS(=O)(=O)[C@@H](Br)[C@]2(C)S1. The minimum Gasteiger partial charge on any atom is -0.269 e. The van der Waals surface area contributed by atoms with Gasteiger partial charge in [-0.15, -0.1) is 0 Å².